The number of fused-ring (bicyclic) bond motifs is 1. The quantitative estimate of drug-likeness (QED) is 0.482. The Labute approximate surface area is 168 Å². The number of hydrogen-bond donors (Lipinski definition) is 1. The molecule has 0 fully saturated rings. The number of rotatable bonds is 5. The highest BCUT2D eigenvalue weighted by Crippen LogP contribution is 2.30. The van der Waals surface area contributed by atoms with Gasteiger partial charge in [0.1, 0.15) is 5.65 Å². The third-order valence-corrected chi connectivity index (χ3v) is 6.21. The molecule has 0 radical (unpaired) electrons. The third kappa shape index (κ3) is 4.13. The van der Waals surface area contributed by atoms with E-state index in [1.165, 1.54) is 27.5 Å². The summed E-state index contributed by atoms with van der Waals surface area (Å²) in [6.07, 6.45) is 1.71. The van der Waals surface area contributed by atoms with Crippen LogP contribution in [0.2, 0.25) is 5.02 Å². The maximum atomic E-state index is 12.1. The highest BCUT2D eigenvalue weighted by molar-refractivity contribution is 8.00. The van der Waals surface area contributed by atoms with Crippen molar-refractivity contribution in [3.63, 3.8) is 0 Å². The molecule has 0 unspecified atom stereocenters. The zero-order valence-corrected chi connectivity index (χ0v) is 16.6. The average Bonchev–Trinajstić information content (AvgIpc) is 3.10. The molecule has 1 aromatic carbocycles. The fourth-order valence-electron chi connectivity index (χ4n) is 2.43. The maximum absolute atomic E-state index is 12.1. The largest absolute Gasteiger partial charge is 0.330 e. The van der Waals surface area contributed by atoms with Crippen molar-refractivity contribution >= 4 is 51.2 Å². The van der Waals surface area contributed by atoms with E-state index in [-0.39, 0.29) is 5.56 Å². The van der Waals surface area contributed by atoms with Crippen LogP contribution in [0.5, 0.6) is 0 Å². The van der Waals surface area contributed by atoms with Gasteiger partial charge in [-0.2, -0.15) is 0 Å². The summed E-state index contributed by atoms with van der Waals surface area (Å²) in [4.78, 5) is 16.6. The van der Waals surface area contributed by atoms with Crippen LogP contribution in [-0.2, 0) is 5.75 Å². The van der Waals surface area contributed by atoms with Gasteiger partial charge in [0.05, 0.1) is 5.69 Å². The lowest BCUT2D eigenvalue weighted by molar-refractivity contribution is 1.00. The highest BCUT2D eigenvalue weighted by Gasteiger charge is 2.08. The number of anilines is 2. The number of benzene rings is 1. The summed E-state index contributed by atoms with van der Waals surface area (Å²) in [5.41, 5.74) is 3.15. The lowest BCUT2D eigenvalue weighted by atomic mass is 10.2. The summed E-state index contributed by atoms with van der Waals surface area (Å²) in [6, 6.07) is 12.8. The van der Waals surface area contributed by atoms with Crippen LogP contribution in [-0.4, -0.2) is 19.6 Å². The van der Waals surface area contributed by atoms with E-state index in [2.05, 4.69) is 20.5 Å². The van der Waals surface area contributed by atoms with Gasteiger partial charge in [0, 0.05) is 28.7 Å². The molecule has 27 heavy (non-hydrogen) atoms. The topological polar surface area (TPSA) is 72.2 Å². The SMILES string of the molecule is Cc1ccc(Nc2nnc(SCc3cc(=O)n4ccccc4n3)s2)cc1Cl. The number of aryl methyl sites for hydroxylation is 1. The first-order chi connectivity index (χ1) is 13.1. The van der Waals surface area contributed by atoms with E-state index in [1.54, 1.807) is 12.3 Å². The summed E-state index contributed by atoms with van der Waals surface area (Å²) in [6.45, 7) is 1.96. The van der Waals surface area contributed by atoms with Crippen molar-refractivity contribution in [3.8, 4) is 0 Å². The predicted molar refractivity (Wildman–Crippen MR) is 110 cm³/mol. The molecular weight excluding hydrogens is 402 g/mol. The minimum atomic E-state index is -0.0907. The normalized spacial score (nSPS) is 11.0. The summed E-state index contributed by atoms with van der Waals surface area (Å²) in [5, 5.41) is 12.9. The minimum absolute atomic E-state index is 0.0907. The van der Waals surface area contributed by atoms with Crippen LogP contribution in [0, 0.1) is 6.92 Å². The van der Waals surface area contributed by atoms with E-state index in [4.69, 9.17) is 11.6 Å². The predicted octanol–water partition coefficient (Wildman–Crippen LogP) is 4.54. The molecule has 0 atom stereocenters. The summed E-state index contributed by atoms with van der Waals surface area (Å²) < 4.78 is 2.32. The van der Waals surface area contributed by atoms with Crippen molar-refractivity contribution in [1.29, 1.82) is 0 Å². The number of aromatic nitrogens is 4. The average molecular weight is 416 g/mol. The molecule has 136 valence electrons. The van der Waals surface area contributed by atoms with Crippen molar-refractivity contribution in [2.24, 2.45) is 0 Å². The molecule has 4 aromatic rings. The molecule has 1 N–H and O–H groups in total. The first kappa shape index (κ1) is 18.0. The second-order valence-corrected chi connectivity index (χ2v) is 8.37. The standard InChI is InChI=1S/C18H14ClN5OS2/c1-11-5-6-12(8-14(11)19)21-17-22-23-18(27-17)26-10-13-9-16(25)24-7-3-2-4-15(24)20-13/h2-9H,10H2,1H3,(H,21,22). The van der Waals surface area contributed by atoms with Crippen LogP contribution in [0.25, 0.3) is 5.65 Å². The van der Waals surface area contributed by atoms with Crippen molar-refractivity contribution in [3.05, 3.63) is 75.3 Å². The molecule has 0 aliphatic carbocycles. The summed E-state index contributed by atoms with van der Waals surface area (Å²) in [7, 11) is 0. The number of pyridine rings is 1. The molecule has 4 rings (SSSR count). The Bertz CT molecular complexity index is 1170. The lowest BCUT2D eigenvalue weighted by Gasteiger charge is -2.04. The minimum Gasteiger partial charge on any atom is -0.330 e. The Kier molecular flexibility index (Phi) is 5.11. The van der Waals surface area contributed by atoms with Crippen LogP contribution in [0.4, 0.5) is 10.8 Å². The molecule has 0 spiro atoms. The van der Waals surface area contributed by atoms with Gasteiger partial charge in [-0.15, -0.1) is 10.2 Å². The van der Waals surface area contributed by atoms with Crippen LogP contribution in [0.1, 0.15) is 11.3 Å². The Morgan fingerprint density at radius 3 is 2.96 bits per heavy atom. The first-order valence-electron chi connectivity index (χ1n) is 8.05. The second-order valence-electron chi connectivity index (χ2n) is 5.77. The zero-order valence-electron chi connectivity index (χ0n) is 14.2. The van der Waals surface area contributed by atoms with Gasteiger partial charge in [0.2, 0.25) is 5.13 Å². The van der Waals surface area contributed by atoms with Gasteiger partial charge in [-0.3, -0.25) is 9.20 Å². The Balaban J connectivity index is 1.45. The van der Waals surface area contributed by atoms with Gasteiger partial charge in [-0.25, -0.2) is 4.98 Å². The van der Waals surface area contributed by atoms with Crippen molar-refractivity contribution in [2.75, 3.05) is 5.32 Å². The molecule has 0 aliphatic rings. The number of nitrogens with one attached hydrogen (secondary N) is 1. The number of nitrogens with zero attached hydrogens (tertiary/aromatic N) is 4. The smallest absolute Gasteiger partial charge is 0.258 e. The zero-order chi connectivity index (χ0) is 18.8. The van der Waals surface area contributed by atoms with E-state index < -0.39 is 0 Å². The first-order valence-corrected chi connectivity index (χ1v) is 10.2. The summed E-state index contributed by atoms with van der Waals surface area (Å²) >= 11 is 9.08. The molecule has 0 saturated heterocycles. The van der Waals surface area contributed by atoms with E-state index >= 15 is 0 Å². The monoisotopic (exact) mass is 415 g/mol. The summed E-state index contributed by atoms with van der Waals surface area (Å²) in [5.74, 6) is 0.547. The molecule has 0 aliphatic heterocycles. The van der Waals surface area contributed by atoms with Gasteiger partial charge in [-0.1, -0.05) is 46.8 Å². The van der Waals surface area contributed by atoms with E-state index in [0.717, 1.165) is 15.6 Å². The third-order valence-electron chi connectivity index (χ3n) is 3.80. The Morgan fingerprint density at radius 1 is 1.22 bits per heavy atom. The van der Waals surface area contributed by atoms with Crippen LogP contribution in [0.3, 0.4) is 0 Å². The lowest BCUT2D eigenvalue weighted by Crippen LogP contribution is -2.14. The fourth-order valence-corrected chi connectivity index (χ4v) is 4.27. The van der Waals surface area contributed by atoms with Crippen molar-refractivity contribution in [2.45, 2.75) is 17.0 Å². The molecule has 3 heterocycles. The molecule has 6 nitrogen and oxygen atoms in total. The molecule has 0 amide bonds. The molecule has 3 aromatic heterocycles. The second kappa shape index (κ2) is 7.67. The van der Waals surface area contributed by atoms with Gasteiger partial charge in [-0.05, 0) is 36.8 Å². The van der Waals surface area contributed by atoms with Gasteiger partial charge < -0.3 is 5.32 Å². The van der Waals surface area contributed by atoms with Gasteiger partial charge in [0.25, 0.3) is 5.56 Å². The van der Waals surface area contributed by atoms with Crippen molar-refractivity contribution in [1.82, 2.24) is 19.6 Å². The van der Waals surface area contributed by atoms with E-state index in [9.17, 15) is 4.79 Å². The molecule has 9 heteroatoms. The van der Waals surface area contributed by atoms with Crippen LogP contribution in [0.15, 0.2) is 57.8 Å². The van der Waals surface area contributed by atoms with Crippen LogP contribution >= 0.6 is 34.7 Å². The molecular formula is C18H14ClN5OS2. The number of thioether (sulfide) groups is 1. The van der Waals surface area contributed by atoms with Gasteiger partial charge >= 0.3 is 0 Å². The number of halogens is 1. The number of hydrogen-bond acceptors (Lipinski definition) is 7. The fraction of sp³-hybridized carbons (Fsp3) is 0.111. The molecule has 0 bridgehead atoms. The maximum Gasteiger partial charge on any atom is 0.258 e. The molecule has 0 saturated carbocycles. The van der Waals surface area contributed by atoms with Gasteiger partial charge in [0.15, 0.2) is 4.34 Å². The van der Waals surface area contributed by atoms with E-state index in [1.807, 2.05) is 43.3 Å². The van der Waals surface area contributed by atoms with E-state index in [0.29, 0.717) is 27.2 Å². The Hall–Kier alpha value is -2.42. The Morgan fingerprint density at radius 2 is 2.11 bits per heavy atom. The van der Waals surface area contributed by atoms with Crippen molar-refractivity contribution < 1.29 is 0 Å². The highest BCUT2D eigenvalue weighted by atomic mass is 35.5. The van der Waals surface area contributed by atoms with Crippen LogP contribution < -0.4 is 10.9 Å².